The Morgan fingerprint density at radius 2 is 2.04 bits per heavy atom. The van der Waals surface area contributed by atoms with Crippen molar-refractivity contribution < 1.29 is 19.1 Å². The van der Waals surface area contributed by atoms with Crippen molar-refractivity contribution in [1.82, 2.24) is 0 Å². The van der Waals surface area contributed by atoms with Crippen molar-refractivity contribution in [2.75, 3.05) is 6.61 Å². The van der Waals surface area contributed by atoms with Crippen LogP contribution < -0.4 is 4.74 Å². The van der Waals surface area contributed by atoms with Crippen LogP contribution in [0.2, 0.25) is 0 Å². The molecule has 2 aliphatic carbocycles. The van der Waals surface area contributed by atoms with E-state index < -0.39 is 0 Å². The molecule has 0 bridgehead atoms. The number of carbonyl (C=O) groups is 2. The van der Waals surface area contributed by atoms with Crippen LogP contribution >= 0.6 is 0 Å². The SMILES string of the molecule is C=C(C(=O)OCCCC(=O)Oc1ccccc1)C12CCCC1C2. The third kappa shape index (κ3) is 3.46. The summed E-state index contributed by atoms with van der Waals surface area (Å²) in [5.41, 5.74) is 0.676. The lowest BCUT2D eigenvalue weighted by molar-refractivity contribution is -0.141. The Hall–Kier alpha value is -2.10. The molecule has 0 spiro atoms. The number of carbonyl (C=O) groups excluding carboxylic acids is 2. The first-order valence-corrected chi connectivity index (χ1v) is 8.24. The van der Waals surface area contributed by atoms with Gasteiger partial charge in [-0.15, -0.1) is 0 Å². The highest BCUT2D eigenvalue weighted by molar-refractivity contribution is 5.90. The number of esters is 2. The number of hydrogen-bond donors (Lipinski definition) is 0. The minimum absolute atomic E-state index is 0.0450. The molecule has 0 amide bonds. The van der Waals surface area contributed by atoms with E-state index in [1.807, 2.05) is 18.2 Å². The lowest BCUT2D eigenvalue weighted by Gasteiger charge is -2.14. The van der Waals surface area contributed by atoms with Gasteiger partial charge in [-0.2, -0.15) is 0 Å². The molecule has 122 valence electrons. The van der Waals surface area contributed by atoms with Crippen LogP contribution in [0.3, 0.4) is 0 Å². The van der Waals surface area contributed by atoms with Gasteiger partial charge in [0.25, 0.3) is 0 Å². The second-order valence-corrected chi connectivity index (χ2v) is 6.45. The molecule has 3 rings (SSSR count). The van der Waals surface area contributed by atoms with Gasteiger partial charge in [-0.3, -0.25) is 4.79 Å². The zero-order valence-electron chi connectivity index (χ0n) is 13.3. The van der Waals surface area contributed by atoms with Gasteiger partial charge < -0.3 is 9.47 Å². The summed E-state index contributed by atoms with van der Waals surface area (Å²) in [6, 6.07) is 8.94. The summed E-state index contributed by atoms with van der Waals surface area (Å²) in [5, 5.41) is 0. The average molecular weight is 314 g/mol. The predicted molar refractivity (Wildman–Crippen MR) is 85.8 cm³/mol. The van der Waals surface area contributed by atoms with Crippen LogP contribution in [-0.2, 0) is 14.3 Å². The van der Waals surface area contributed by atoms with Crippen molar-refractivity contribution in [1.29, 1.82) is 0 Å². The highest BCUT2D eigenvalue weighted by atomic mass is 16.5. The van der Waals surface area contributed by atoms with E-state index in [0.717, 1.165) is 12.8 Å². The van der Waals surface area contributed by atoms with E-state index in [2.05, 4.69) is 6.58 Å². The maximum Gasteiger partial charge on any atom is 0.333 e. The van der Waals surface area contributed by atoms with Gasteiger partial charge in [-0.25, -0.2) is 4.79 Å². The van der Waals surface area contributed by atoms with Crippen LogP contribution in [0.25, 0.3) is 0 Å². The van der Waals surface area contributed by atoms with Gasteiger partial charge in [0.05, 0.1) is 6.61 Å². The molecule has 2 aliphatic rings. The fourth-order valence-electron chi connectivity index (χ4n) is 3.59. The second-order valence-electron chi connectivity index (χ2n) is 6.45. The van der Waals surface area contributed by atoms with E-state index in [1.54, 1.807) is 12.1 Å². The molecule has 0 radical (unpaired) electrons. The summed E-state index contributed by atoms with van der Waals surface area (Å²) in [5.74, 6) is 0.555. The number of ether oxygens (including phenoxy) is 2. The number of fused-ring (bicyclic) bond motifs is 1. The smallest absolute Gasteiger partial charge is 0.333 e. The molecular formula is C19H22O4. The van der Waals surface area contributed by atoms with Crippen LogP contribution in [0.4, 0.5) is 0 Å². The average Bonchev–Trinajstić information content (AvgIpc) is 3.13. The summed E-state index contributed by atoms with van der Waals surface area (Å²) < 4.78 is 10.4. The van der Waals surface area contributed by atoms with Gasteiger partial charge in [-0.05, 0) is 43.7 Å². The Labute approximate surface area is 136 Å². The molecule has 0 heterocycles. The molecule has 0 N–H and O–H groups in total. The molecule has 23 heavy (non-hydrogen) atoms. The zero-order chi connectivity index (χ0) is 16.3. The topological polar surface area (TPSA) is 52.6 Å². The Morgan fingerprint density at radius 3 is 2.70 bits per heavy atom. The van der Waals surface area contributed by atoms with E-state index in [4.69, 9.17) is 9.47 Å². The first-order valence-electron chi connectivity index (χ1n) is 8.24. The lowest BCUT2D eigenvalue weighted by atomic mass is 9.94. The van der Waals surface area contributed by atoms with Gasteiger partial charge in [0, 0.05) is 17.4 Å². The molecule has 4 heteroatoms. The summed E-state index contributed by atoms with van der Waals surface area (Å²) in [6.45, 7) is 4.18. The van der Waals surface area contributed by atoms with Gasteiger partial charge >= 0.3 is 11.9 Å². The summed E-state index contributed by atoms with van der Waals surface area (Å²) in [7, 11) is 0. The van der Waals surface area contributed by atoms with Crippen LogP contribution in [0.15, 0.2) is 42.5 Å². The maximum atomic E-state index is 12.1. The number of hydrogen-bond acceptors (Lipinski definition) is 4. The van der Waals surface area contributed by atoms with Gasteiger partial charge in [0.2, 0.25) is 0 Å². The Kier molecular flexibility index (Phi) is 4.51. The van der Waals surface area contributed by atoms with Crippen molar-refractivity contribution in [2.24, 2.45) is 11.3 Å². The monoisotopic (exact) mass is 314 g/mol. The highest BCUT2D eigenvalue weighted by Gasteiger charge is 2.60. The van der Waals surface area contributed by atoms with Crippen LogP contribution in [0.1, 0.15) is 38.5 Å². The van der Waals surface area contributed by atoms with E-state index >= 15 is 0 Å². The Bertz CT molecular complexity index is 607. The molecule has 4 nitrogen and oxygen atoms in total. The van der Waals surface area contributed by atoms with Crippen molar-refractivity contribution in [3.8, 4) is 5.75 Å². The van der Waals surface area contributed by atoms with Crippen LogP contribution in [0, 0.1) is 11.3 Å². The fraction of sp³-hybridized carbons (Fsp3) is 0.474. The standard InChI is InChI=1S/C19H22O4/c1-14(19-11-5-7-15(19)13-19)18(21)22-12-6-10-17(20)23-16-8-3-2-4-9-16/h2-4,8-9,15H,1,5-7,10-13H2. The number of para-hydroxylation sites is 1. The zero-order valence-corrected chi connectivity index (χ0v) is 13.3. The van der Waals surface area contributed by atoms with E-state index in [9.17, 15) is 9.59 Å². The molecule has 2 fully saturated rings. The molecule has 0 aromatic heterocycles. The van der Waals surface area contributed by atoms with Gasteiger partial charge in [0.15, 0.2) is 0 Å². The number of benzene rings is 1. The third-order valence-electron chi connectivity index (χ3n) is 4.99. The van der Waals surface area contributed by atoms with Crippen molar-refractivity contribution in [3.63, 3.8) is 0 Å². The van der Waals surface area contributed by atoms with Crippen molar-refractivity contribution in [3.05, 3.63) is 42.5 Å². The Morgan fingerprint density at radius 1 is 1.26 bits per heavy atom. The second kappa shape index (κ2) is 6.57. The minimum atomic E-state index is -0.317. The first-order chi connectivity index (χ1) is 11.1. The molecule has 1 aromatic carbocycles. The summed E-state index contributed by atoms with van der Waals surface area (Å²) >= 11 is 0. The molecule has 1 aromatic rings. The van der Waals surface area contributed by atoms with Gasteiger partial charge in [0.1, 0.15) is 5.75 Å². The normalized spacial score (nSPS) is 24.6. The number of rotatable bonds is 7. The highest BCUT2D eigenvalue weighted by Crippen LogP contribution is 2.67. The third-order valence-corrected chi connectivity index (χ3v) is 4.99. The molecule has 0 saturated heterocycles. The fourth-order valence-corrected chi connectivity index (χ4v) is 3.59. The van der Waals surface area contributed by atoms with Crippen LogP contribution in [-0.4, -0.2) is 18.5 Å². The maximum absolute atomic E-state index is 12.1. The minimum Gasteiger partial charge on any atom is -0.462 e. The van der Waals surface area contributed by atoms with E-state index in [0.29, 0.717) is 23.7 Å². The largest absolute Gasteiger partial charge is 0.462 e. The van der Waals surface area contributed by atoms with Crippen molar-refractivity contribution >= 4 is 11.9 Å². The molecule has 2 atom stereocenters. The molecule has 0 aliphatic heterocycles. The molecular weight excluding hydrogens is 292 g/mol. The van der Waals surface area contributed by atoms with E-state index in [-0.39, 0.29) is 30.4 Å². The molecule has 2 saturated carbocycles. The van der Waals surface area contributed by atoms with Gasteiger partial charge in [-0.1, -0.05) is 31.2 Å². The van der Waals surface area contributed by atoms with Crippen LogP contribution in [0.5, 0.6) is 5.75 Å². The molecule has 2 unspecified atom stereocenters. The summed E-state index contributed by atoms with van der Waals surface area (Å²) in [4.78, 5) is 23.7. The Balaban J connectivity index is 1.34. The summed E-state index contributed by atoms with van der Waals surface area (Å²) in [6.07, 6.45) is 5.22. The van der Waals surface area contributed by atoms with Crippen molar-refractivity contribution in [2.45, 2.75) is 38.5 Å². The lowest BCUT2D eigenvalue weighted by Crippen LogP contribution is -2.17. The first kappa shape index (κ1) is 15.8. The van der Waals surface area contributed by atoms with E-state index in [1.165, 1.54) is 12.8 Å². The predicted octanol–water partition coefficient (Wildman–Crippen LogP) is 3.66. The quantitative estimate of drug-likeness (QED) is 0.333.